The number of piperidine rings is 1. The van der Waals surface area contributed by atoms with E-state index in [-0.39, 0.29) is 36.2 Å². The highest BCUT2D eigenvalue weighted by Gasteiger charge is 2.26. The van der Waals surface area contributed by atoms with Crippen molar-refractivity contribution in [1.29, 1.82) is 0 Å². The lowest BCUT2D eigenvalue weighted by Gasteiger charge is -2.31. The number of hydrogen-bond acceptors (Lipinski definition) is 8. The Morgan fingerprint density at radius 2 is 1.97 bits per heavy atom. The fourth-order valence-corrected chi connectivity index (χ4v) is 4.50. The molecule has 0 aliphatic carbocycles. The molecule has 0 radical (unpaired) electrons. The van der Waals surface area contributed by atoms with E-state index in [0.717, 1.165) is 24.0 Å². The van der Waals surface area contributed by atoms with Crippen molar-refractivity contribution in [3.8, 4) is 11.8 Å². The predicted octanol–water partition coefficient (Wildman–Crippen LogP) is 0.397. The van der Waals surface area contributed by atoms with E-state index in [1.165, 1.54) is 4.57 Å². The van der Waals surface area contributed by atoms with E-state index in [0.29, 0.717) is 23.5 Å². The number of nitrogens with two attached hydrogens (primary N) is 1. The normalized spacial score (nSPS) is 16.0. The lowest BCUT2D eigenvalue weighted by molar-refractivity contribution is 0.471. The molecule has 1 aliphatic heterocycles. The van der Waals surface area contributed by atoms with Crippen molar-refractivity contribution in [3.05, 3.63) is 61.3 Å². The molecular weight excluding hydrogens is 450 g/mol. The first-order valence-electron chi connectivity index (χ1n) is 11.4. The van der Waals surface area contributed by atoms with Gasteiger partial charge in [-0.15, -0.1) is 5.92 Å². The van der Waals surface area contributed by atoms with Gasteiger partial charge >= 0.3 is 5.69 Å². The molecule has 11 nitrogen and oxygen atoms in total. The summed E-state index contributed by atoms with van der Waals surface area (Å²) in [5, 5.41) is 0.326. The van der Waals surface area contributed by atoms with Crippen molar-refractivity contribution in [2.24, 2.45) is 12.8 Å². The molecule has 0 spiro atoms. The van der Waals surface area contributed by atoms with Crippen LogP contribution in [0.3, 0.4) is 0 Å². The number of benzene rings is 1. The molecule has 0 saturated carbocycles. The number of para-hydroxylation sites is 1. The summed E-state index contributed by atoms with van der Waals surface area (Å²) in [7, 11) is 1.55. The maximum Gasteiger partial charge on any atom is 0.332 e. The summed E-state index contributed by atoms with van der Waals surface area (Å²) in [4.78, 5) is 49.9. The Morgan fingerprint density at radius 1 is 1.17 bits per heavy atom. The summed E-state index contributed by atoms with van der Waals surface area (Å²) >= 11 is 0. The standard InChI is InChI=1S/C24H25N7O4/c1-3-4-12-30-19-20(27-23(30)29-11-7-8-15(25)13-29)28(2)24(34)31(22(19)33)14-18-26-21(32)16-9-5-6-10-17(16)35-18/h5-6,9-10,15H,7-8,11-14,25H2,1-2H3. The zero-order valence-electron chi connectivity index (χ0n) is 19.5. The monoisotopic (exact) mass is 475 g/mol. The van der Waals surface area contributed by atoms with Gasteiger partial charge in [0.2, 0.25) is 11.8 Å². The molecule has 1 aromatic carbocycles. The summed E-state index contributed by atoms with van der Waals surface area (Å²) in [5.41, 5.74) is 5.39. The SMILES string of the molecule is CC#CCn1c(N2CCCC(N)C2)nc2c1c(=O)n(Cc1nc(=O)c3ccccc3o1)c(=O)n2C. The van der Waals surface area contributed by atoms with Crippen molar-refractivity contribution in [1.82, 2.24) is 23.7 Å². The Morgan fingerprint density at radius 3 is 2.74 bits per heavy atom. The molecule has 1 aliphatic rings. The first-order chi connectivity index (χ1) is 16.9. The Bertz CT molecular complexity index is 1680. The van der Waals surface area contributed by atoms with E-state index < -0.39 is 16.8 Å². The third-order valence-corrected chi connectivity index (χ3v) is 6.23. The minimum atomic E-state index is -0.590. The van der Waals surface area contributed by atoms with Crippen LogP contribution in [0.5, 0.6) is 0 Å². The van der Waals surface area contributed by atoms with Gasteiger partial charge in [-0.3, -0.25) is 18.7 Å². The molecule has 0 bridgehead atoms. The zero-order valence-corrected chi connectivity index (χ0v) is 19.5. The second-order valence-corrected chi connectivity index (χ2v) is 8.59. The number of aryl methyl sites for hydroxylation is 1. The topological polar surface area (TPSA) is 134 Å². The number of anilines is 1. The minimum absolute atomic E-state index is 0.00312. The molecule has 180 valence electrons. The molecule has 1 saturated heterocycles. The van der Waals surface area contributed by atoms with Crippen LogP contribution in [0.2, 0.25) is 0 Å². The molecule has 3 aromatic heterocycles. The molecule has 2 N–H and O–H groups in total. The van der Waals surface area contributed by atoms with Gasteiger partial charge in [-0.2, -0.15) is 9.97 Å². The summed E-state index contributed by atoms with van der Waals surface area (Å²) < 4.78 is 9.78. The second kappa shape index (κ2) is 8.88. The maximum absolute atomic E-state index is 13.6. The first-order valence-corrected chi connectivity index (χ1v) is 11.4. The van der Waals surface area contributed by atoms with Crippen molar-refractivity contribution >= 4 is 28.1 Å². The quantitative estimate of drug-likeness (QED) is 0.419. The molecule has 4 heterocycles. The third kappa shape index (κ3) is 3.91. The lowest BCUT2D eigenvalue weighted by atomic mass is 10.1. The molecule has 5 rings (SSSR count). The van der Waals surface area contributed by atoms with Crippen LogP contribution >= 0.6 is 0 Å². The van der Waals surface area contributed by atoms with Gasteiger partial charge < -0.3 is 15.1 Å². The molecule has 1 atom stereocenters. The third-order valence-electron chi connectivity index (χ3n) is 6.23. The van der Waals surface area contributed by atoms with Crippen LogP contribution in [0.4, 0.5) is 5.95 Å². The highest BCUT2D eigenvalue weighted by atomic mass is 16.3. The molecule has 4 aromatic rings. The van der Waals surface area contributed by atoms with Gasteiger partial charge in [0, 0.05) is 26.2 Å². The Kier molecular flexibility index (Phi) is 5.74. The van der Waals surface area contributed by atoms with Gasteiger partial charge in [0.15, 0.2) is 11.2 Å². The number of rotatable bonds is 4. The number of hydrogen-bond donors (Lipinski definition) is 1. The van der Waals surface area contributed by atoms with Crippen LogP contribution in [-0.4, -0.2) is 42.8 Å². The van der Waals surface area contributed by atoms with E-state index in [1.54, 1.807) is 42.8 Å². The van der Waals surface area contributed by atoms with E-state index >= 15 is 0 Å². The number of aromatic nitrogens is 5. The summed E-state index contributed by atoms with van der Waals surface area (Å²) in [5.74, 6) is 6.37. The average molecular weight is 476 g/mol. The summed E-state index contributed by atoms with van der Waals surface area (Å²) in [6.07, 6.45) is 1.82. The second-order valence-electron chi connectivity index (χ2n) is 8.59. The molecule has 1 unspecified atom stereocenters. The molecule has 0 amide bonds. The van der Waals surface area contributed by atoms with Crippen molar-refractivity contribution in [2.45, 2.75) is 38.9 Å². The van der Waals surface area contributed by atoms with Gasteiger partial charge in [-0.1, -0.05) is 18.1 Å². The van der Waals surface area contributed by atoms with Gasteiger partial charge in [0.25, 0.3) is 11.1 Å². The van der Waals surface area contributed by atoms with Crippen molar-refractivity contribution in [3.63, 3.8) is 0 Å². The summed E-state index contributed by atoms with van der Waals surface area (Å²) in [6.45, 7) is 2.99. The van der Waals surface area contributed by atoms with Gasteiger partial charge in [-0.25, -0.2) is 9.36 Å². The predicted molar refractivity (Wildman–Crippen MR) is 131 cm³/mol. The Labute approximate surface area is 199 Å². The maximum atomic E-state index is 13.6. The van der Waals surface area contributed by atoms with Gasteiger partial charge in [0.05, 0.1) is 11.9 Å². The highest BCUT2D eigenvalue weighted by molar-refractivity contribution is 5.75. The highest BCUT2D eigenvalue weighted by Crippen LogP contribution is 2.23. The molecular formula is C24H25N7O4. The number of imidazole rings is 1. The van der Waals surface area contributed by atoms with E-state index in [4.69, 9.17) is 10.2 Å². The van der Waals surface area contributed by atoms with Crippen LogP contribution in [0.15, 0.2) is 43.1 Å². The number of nitrogens with zero attached hydrogens (tertiary/aromatic N) is 6. The van der Waals surface area contributed by atoms with Crippen LogP contribution in [0.1, 0.15) is 25.7 Å². The van der Waals surface area contributed by atoms with Gasteiger partial charge in [-0.05, 0) is 31.9 Å². The first kappa shape index (κ1) is 22.6. The molecule has 11 heteroatoms. The fraction of sp³-hybridized carbons (Fsp3) is 0.375. The number of fused-ring (bicyclic) bond motifs is 2. The Hall–Kier alpha value is -4.17. The van der Waals surface area contributed by atoms with E-state index in [1.807, 2.05) is 4.90 Å². The minimum Gasteiger partial charge on any atom is -0.440 e. The molecule has 35 heavy (non-hydrogen) atoms. The van der Waals surface area contributed by atoms with E-state index in [2.05, 4.69) is 21.8 Å². The Balaban J connectivity index is 1.70. The largest absolute Gasteiger partial charge is 0.440 e. The molecule has 1 fully saturated rings. The van der Waals surface area contributed by atoms with E-state index in [9.17, 15) is 14.4 Å². The van der Waals surface area contributed by atoms with Crippen molar-refractivity contribution in [2.75, 3.05) is 18.0 Å². The lowest BCUT2D eigenvalue weighted by Crippen LogP contribution is -2.44. The van der Waals surface area contributed by atoms with Gasteiger partial charge in [0.1, 0.15) is 12.1 Å². The smallest absolute Gasteiger partial charge is 0.332 e. The van der Waals surface area contributed by atoms with Crippen LogP contribution in [0, 0.1) is 11.8 Å². The fourth-order valence-electron chi connectivity index (χ4n) is 4.50. The average Bonchev–Trinajstić information content (AvgIpc) is 3.24. The van der Waals surface area contributed by atoms with Crippen LogP contribution < -0.4 is 27.4 Å². The summed E-state index contributed by atoms with van der Waals surface area (Å²) in [6, 6.07) is 6.68. The van der Waals surface area contributed by atoms with Crippen LogP contribution in [0.25, 0.3) is 22.1 Å². The van der Waals surface area contributed by atoms with Crippen LogP contribution in [-0.2, 0) is 20.1 Å². The van der Waals surface area contributed by atoms with Crippen molar-refractivity contribution < 1.29 is 4.42 Å². The zero-order chi connectivity index (χ0) is 24.7.